The first-order valence-corrected chi connectivity index (χ1v) is 10.0. The fourth-order valence-electron chi connectivity index (χ4n) is 4.16. The Hall–Kier alpha value is -1.10. The first-order chi connectivity index (χ1) is 12.2. The molecule has 1 saturated heterocycles. The van der Waals surface area contributed by atoms with Crippen molar-refractivity contribution in [2.24, 2.45) is 0 Å². The first kappa shape index (κ1) is 18.7. The van der Waals surface area contributed by atoms with Crippen molar-refractivity contribution >= 4 is 0 Å². The summed E-state index contributed by atoms with van der Waals surface area (Å²) < 4.78 is 5.96. The van der Waals surface area contributed by atoms with Crippen molar-refractivity contribution in [3.05, 3.63) is 28.8 Å². The number of aliphatic hydroxyl groups excluding tert-OH is 1. The van der Waals surface area contributed by atoms with Crippen molar-refractivity contribution in [3.63, 3.8) is 0 Å². The van der Waals surface area contributed by atoms with Gasteiger partial charge in [-0.1, -0.05) is 6.07 Å². The van der Waals surface area contributed by atoms with Crippen LogP contribution in [0, 0.1) is 13.8 Å². The van der Waals surface area contributed by atoms with Crippen LogP contribution in [0.4, 0.5) is 0 Å². The maximum absolute atomic E-state index is 9.40. The van der Waals surface area contributed by atoms with E-state index < -0.39 is 0 Å². The topological polar surface area (TPSA) is 44.7 Å². The van der Waals surface area contributed by atoms with Gasteiger partial charge < -0.3 is 15.2 Å². The molecular formula is C21H34N2O2. The van der Waals surface area contributed by atoms with Crippen molar-refractivity contribution in [3.8, 4) is 5.75 Å². The molecule has 4 heteroatoms. The third-order valence-electron chi connectivity index (χ3n) is 5.87. The Bertz CT molecular complexity index is 561. The molecule has 4 nitrogen and oxygen atoms in total. The van der Waals surface area contributed by atoms with Gasteiger partial charge in [-0.2, -0.15) is 0 Å². The highest BCUT2D eigenvalue weighted by Crippen LogP contribution is 2.33. The summed E-state index contributed by atoms with van der Waals surface area (Å²) in [6.07, 6.45) is 7.04. The van der Waals surface area contributed by atoms with Crippen molar-refractivity contribution in [1.29, 1.82) is 0 Å². The van der Waals surface area contributed by atoms with Gasteiger partial charge in [-0.15, -0.1) is 0 Å². The zero-order valence-corrected chi connectivity index (χ0v) is 15.9. The molecule has 0 amide bonds. The van der Waals surface area contributed by atoms with E-state index in [-0.39, 0.29) is 0 Å². The molecule has 0 radical (unpaired) electrons. The van der Waals surface area contributed by atoms with E-state index in [9.17, 15) is 5.11 Å². The summed E-state index contributed by atoms with van der Waals surface area (Å²) in [4.78, 5) is 2.46. The third-order valence-corrected chi connectivity index (χ3v) is 5.87. The monoisotopic (exact) mass is 346 g/mol. The zero-order chi connectivity index (χ0) is 17.6. The summed E-state index contributed by atoms with van der Waals surface area (Å²) in [6.45, 7) is 8.81. The molecule has 2 aliphatic heterocycles. The minimum Gasteiger partial charge on any atom is -0.493 e. The van der Waals surface area contributed by atoms with E-state index in [1.54, 1.807) is 0 Å². The number of rotatable bonds is 7. The molecule has 0 bridgehead atoms. The van der Waals surface area contributed by atoms with Gasteiger partial charge in [0.1, 0.15) is 5.75 Å². The number of fused-ring (bicyclic) bond motifs is 1. The molecule has 140 valence electrons. The summed E-state index contributed by atoms with van der Waals surface area (Å²) in [5.74, 6) is 1.07. The Labute approximate surface area is 152 Å². The van der Waals surface area contributed by atoms with Crippen LogP contribution in [0.3, 0.4) is 0 Å². The van der Waals surface area contributed by atoms with E-state index in [0.29, 0.717) is 18.7 Å². The van der Waals surface area contributed by atoms with Crippen LogP contribution >= 0.6 is 0 Å². The highest BCUT2D eigenvalue weighted by molar-refractivity contribution is 5.44. The number of nitrogens with one attached hydrogen (secondary N) is 1. The lowest BCUT2D eigenvalue weighted by Gasteiger charge is -2.23. The molecule has 0 spiro atoms. The smallest absolute Gasteiger partial charge is 0.124 e. The largest absolute Gasteiger partial charge is 0.493 e. The molecule has 0 aromatic heterocycles. The Morgan fingerprint density at radius 2 is 2.00 bits per heavy atom. The normalized spacial score (nSPS) is 24.0. The summed E-state index contributed by atoms with van der Waals surface area (Å²) >= 11 is 0. The van der Waals surface area contributed by atoms with Crippen LogP contribution in [-0.2, 0) is 0 Å². The van der Waals surface area contributed by atoms with Gasteiger partial charge in [0.05, 0.1) is 13.2 Å². The average Bonchev–Trinajstić information content (AvgIpc) is 2.98. The summed E-state index contributed by atoms with van der Waals surface area (Å²) in [6, 6.07) is 5.33. The van der Waals surface area contributed by atoms with Gasteiger partial charge in [-0.05, 0) is 89.2 Å². The molecule has 2 atom stereocenters. The number of hydrogen-bond donors (Lipinski definition) is 2. The van der Waals surface area contributed by atoms with E-state index in [1.165, 1.54) is 36.0 Å². The summed E-state index contributed by atoms with van der Waals surface area (Å²) in [7, 11) is 0. The standard InChI is InChI=1S/C21H34N2O2/c1-16-13-19-20(8-6-12-25-21(19)14-17(16)2)22-9-3-4-10-23-11-5-7-18(23)15-24/h13-14,18,20,22,24H,3-12,15H2,1-2H3. The fraction of sp³-hybridized carbons (Fsp3) is 0.714. The van der Waals surface area contributed by atoms with Gasteiger partial charge in [0.2, 0.25) is 0 Å². The maximum Gasteiger partial charge on any atom is 0.124 e. The first-order valence-electron chi connectivity index (χ1n) is 10.0. The van der Waals surface area contributed by atoms with Crippen molar-refractivity contribution in [2.75, 3.05) is 32.8 Å². The predicted molar refractivity (Wildman–Crippen MR) is 102 cm³/mol. The summed E-state index contributed by atoms with van der Waals surface area (Å²) in [5.41, 5.74) is 3.99. The molecule has 0 aliphatic carbocycles. The number of likely N-dealkylation sites (tertiary alicyclic amines) is 1. The SMILES string of the molecule is Cc1cc2c(cc1C)C(NCCCCN1CCCC1CO)CCCO2. The van der Waals surface area contributed by atoms with Crippen LogP contribution in [0.15, 0.2) is 12.1 Å². The van der Waals surface area contributed by atoms with Crippen LogP contribution in [0.5, 0.6) is 5.75 Å². The Balaban J connectivity index is 1.48. The van der Waals surface area contributed by atoms with E-state index in [4.69, 9.17) is 4.74 Å². The van der Waals surface area contributed by atoms with Gasteiger partial charge in [0, 0.05) is 17.6 Å². The lowest BCUT2D eigenvalue weighted by molar-refractivity contribution is 0.157. The molecule has 2 unspecified atom stereocenters. The van der Waals surface area contributed by atoms with Gasteiger partial charge >= 0.3 is 0 Å². The second-order valence-electron chi connectivity index (χ2n) is 7.69. The van der Waals surface area contributed by atoms with E-state index in [2.05, 4.69) is 36.2 Å². The molecule has 2 N–H and O–H groups in total. The Morgan fingerprint density at radius 1 is 1.16 bits per heavy atom. The van der Waals surface area contributed by atoms with Crippen LogP contribution in [0.2, 0.25) is 0 Å². The molecule has 2 aliphatic rings. The molecule has 2 heterocycles. The van der Waals surface area contributed by atoms with Gasteiger partial charge in [-0.25, -0.2) is 0 Å². The maximum atomic E-state index is 9.40. The molecular weight excluding hydrogens is 312 g/mol. The molecule has 1 fully saturated rings. The van der Waals surface area contributed by atoms with Crippen molar-refractivity contribution < 1.29 is 9.84 Å². The van der Waals surface area contributed by atoms with Crippen LogP contribution in [0.1, 0.15) is 61.3 Å². The lowest BCUT2D eigenvalue weighted by atomic mass is 9.97. The van der Waals surface area contributed by atoms with Gasteiger partial charge in [-0.3, -0.25) is 4.90 Å². The Morgan fingerprint density at radius 3 is 2.84 bits per heavy atom. The highest BCUT2D eigenvalue weighted by Gasteiger charge is 2.23. The quantitative estimate of drug-likeness (QED) is 0.743. The number of nitrogens with zero attached hydrogens (tertiary/aromatic N) is 1. The lowest BCUT2D eigenvalue weighted by Crippen LogP contribution is -2.33. The van der Waals surface area contributed by atoms with Crippen LogP contribution < -0.4 is 10.1 Å². The van der Waals surface area contributed by atoms with E-state index in [0.717, 1.165) is 51.3 Å². The van der Waals surface area contributed by atoms with Crippen LogP contribution in [0.25, 0.3) is 0 Å². The number of aliphatic hydroxyl groups is 1. The minimum atomic E-state index is 0.315. The van der Waals surface area contributed by atoms with Gasteiger partial charge in [0.15, 0.2) is 0 Å². The number of unbranched alkanes of at least 4 members (excludes halogenated alkanes) is 1. The third kappa shape index (κ3) is 4.75. The number of hydrogen-bond acceptors (Lipinski definition) is 4. The molecule has 25 heavy (non-hydrogen) atoms. The fourth-order valence-corrected chi connectivity index (χ4v) is 4.16. The van der Waals surface area contributed by atoms with E-state index >= 15 is 0 Å². The second kappa shape index (κ2) is 9.02. The number of ether oxygens (including phenoxy) is 1. The Kier molecular flexibility index (Phi) is 6.74. The molecule has 3 rings (SSSR count). The second-order valence-corrected chi connectivity index (χ2v) is 7.69. The molecule has 0 saturated carbocycles. The van der Waals surface area contributed by atoms with Gasteiger partial charge in [0.25, 0.3) is 0 Å². The predicted octanol–water partition coefficient (Wildman–Crippen LogP) is 3.34. The highest BCUT2D eigenvalue weighted by atomic mass is 16.5. The minimum absolute atomic E-state index is 0.315. The van der Waals surface area contributed by atoms with E-state index in [1.807, 2.05) is 0 Å². The molecule has 1 aromatic rings. The molecule has 1 aromatic carbocycles. The van der Waals surface area contributed by atoms with Crippen molar-refractivity contribution in [1.82, 2.24) is 10.2 Å². The zero-order valence-electron chi connectivity index (χ0n) is 15.9. The van der Waals surface area contributed by atoms with Crippen LogP contribution in [-0.4, -0.2) is 48.9 Å². The average molecular weight is 347 g/mol. The van der Waals surface area contributed by atoms with Crippen molar-refractivity contribution in [2.45, 2.75) is 64.5 Å². The number of aryl methyl sites for hydroxylation is 2. The number of benzene rings is 1. The summed E-state index contributed by atoms with van der Waals surface area (Å²) in [5, 5.41) is 13.2.